The first-order valence-corrected chi connectivity index (χ1v) is 7.68. The van der Waals surface area contributed by atoms with Crippen molar-refractivity contribution in [2.75, 3.05) is 0 Å². The van der Waals surface area contributed by atoms with E-state index in [4.69, 9.17) is 4.74 Å². The molecule has 1 aromatic carbocycles. The monoisotopic (exact) mass is 319 g/mol. The average Bonchev–Trinajstić information content (AvgIpc) is 2.41. The summed E-state index contributed by atoms with van der Waals surface area (Å²) in [5.41, 5.74) is 0.853. The molecule has 0 spiro atoms. The van der Waals surface area contributed by atoms with Crippen LogP contribution in [0.15, 0.2) is 24.3 Å². The van der Waals surface area contributed by atoms with Gasteiger partial charge in [-0.3, -0.25) is 4.79 Å². The predicted octanol–water partition coefficient (Wildman–Crippen LogP) is 3.82. The number of nitrogens with one attached hydrogen (secondary N) is 1. The second kappa shape index (κ2) is 7.90. The molecule has 0 radical (unpaired) electrons. The first-order chi connectivity index (χ1) is 10.6. The average molecular weight is 319 g/mol. The molecule has 1 unspecified atom stereocenters. The summed E-state index contributed by atoms with van der Waals surface area (Å²) in [5.74, 6) is 0.0401. The molecule has 0 fully saturated rings. The smallest absolute Gasteiger partial charge is 0.408 e. The molecule has 0 aliphatic heterocycles. The van der Waals surface area contributed by atoms with Crippen LogP contribution in [-0.2, 0) is 9.53 Å². The first-order valence-electron chi connectivity index (χ1n) is 7.68. The van der Waals surface area contributed by atoms with Crippen molar-refractivity contribution >= 4 is 17.7 Å². The Morgan fingerprint density at radius 2 is 1.65 bits per heavy atom. The maximum absolute atomic E-state index is 12.0. The molecule has 1 amide bonds. The van der Waals surface area contributed by atoms with E-state index >= 15 is 0 Å². The zero-order valence-electron chi connectivity index (χ0n) is 14.4. The summed E-state index contributed by atoms with van der Waals surface area (Å²) in [6.45, 7) is 8.39. The van der Waals surface area contributed by atoms with E-state index in [-0.39, 0.29) is 17.6 Å². The highest BCUT2D eigenvalue weighted by Crippen LogP contribution is 2.21. The lowest BCUT2D eigenvalue weighted by Crippen LogP contribution is -2.35. The van der Waals surface area contributed by atoms with Gasteiger partial charge in [0, 0.05) is 12.0 Å². The summed E-state index contributed by atoms with van der Waals surface area (Å²) in [6, 6.07) is 6.68. The minimum Gasteiger partial charge on any atom is -0.444 e. The van der Waals surface area contributed by atoms with Crippen molar-refractivity contribution in [2.24, 2.45) is 0 Å². The summed E-state index contributed by atoms with van der Waals surface area (Å²) < 4.78 is 5.27. The molecule has 1 atom stereocenters. The topological polar surface area (TPSA) is 72.5 Å². The number of ketones is 2. The van der Waals surface area contributed by atoms with Gasteiger partial charge >= 0.3 is 6.09 Å². The van der Waals surface area contributed by atoms with Gasteiger partial charge in [0.1, 0.15) is 11.4 Å². The van der Waals surface area contributed by atoms with Crippen LogP contribution < -0.4 is 5.32 Å². The van der Waals surface area contributed by atoms with Crippen LogP contribution in [0.1, 0.15) is 69.4 Å². The van der Waals surface area contributed by atoms with Gasteiger partial charge in [-0.25, -0.2) is 4.79 Å². The first kappa shape index (κ1) is 18.9. The molecule has 0 saturated heterocycles. The second-order valence-corrected chi connectivity index (χ2v) is 6.62. The molecule has 23 heavy (non-hydrogen) atoms. The van der Waals surface area contributed by atoms with Gasteiger partial charge < -0.3 is 14.8 Å². The Bertz CT molecular complexity index is 570. The van der Waals surface area contributed by atoms with Gasteiger partial charge in [-0.15, -0.1) is 0 Å². The van der Waals surface area contributed by atoms with E-state index in [0.717, 1.165) is 5.56 Å². The molecule has 1 rings (SSSR count). The van der Waals surface area contributed by atoms with Gasteiger partial charge in [-0.2, -0.15) is 0 Å². The normalized spacial score (nSPS) is 12.4. The summed E-state index contributed by atoms with van der Waals surface area (Å²) in [6.07, 6.45) is 0.310. The van der Waals surface area contributed by atoms with Crippen molar-refractivity contribution in [3.05, 3.63) is 35.4 Å². The number of Topliss-reactive ketones (excluding diaryl/α,β-unsaturated/α-hetero) is 2. The molecule has 0 saturated carbocycles. The highest BCUT2D eigenvalue weighted by molar-refractivity contribution is 5.94. The van der Waals surface area contributed by atoms with Crippen molar-refractivity contribution in [1.29, 1.82) is 0 Å². The summed E-state index contributed by atoms with van der Waals surface area (Å²) >= 11 is 0. The molecule has 1 aromatic rings. The van der Waals surface area contributed by atoms with Gasteiger partial charge in [0.05, 0.1) is 6.04 Å². The van der Waals surface area contributed by atoms with Crippen LogP contribution in [0.5, 0.6) is 0 Å². The largest absolute Gasteiger partial charge is 0.444 e. The van der Waals surface area contributed by atoms with Crippen LogP contribution in [0.2, 0.25) is 0 Å². The molecular weight excluding hydrogens is 294 g/mol. The Hall–Kier alpha value is -2.17. The molecule has 0 aliphatic rings. The van der Waals surface area contributed by atoms with E-state index in [1.54, 1.807) is 45.0 Å². The highest BCUT2D eigenvalue weighted by Gasteiger charge is 2.21. The highest BCUT2D eigenvalue weighted by atomic mass is 16.6. The number of alkyl carbamates (subject to hydrolysis) is 1. The number of benzene rings is 1. The lowest BCUT2D eigenvalue weighted by atomic mass is 9.99. The van der Waals surface area contributed by atoms with Crippen molar-refractivity contribution in [1.82, 2.24) is 5.32 Å². The van der Waals surface area contributed by atoms with E-state index in [0.29, 0.717) is 18.4 Å². The van der Waals surface area contributed by atoms with Crippen molar-refractivity contribution in [2.45, 2.75) is 59.1 Å². The molecule has 0 aliphatic carbocycles. The Balaban J connectivity index is 2.88. The lowest BCUT2D eigenvalue weighted by molar-refractivity contribution is -0.117. The van der Waals surface area contributed by atoms with Crippen LogP contribution in [0.4, 0.5) is 4.79 Å². The third-order valence-corrected chi connectivity index (χ3v) is 3.20. The number of hydrogen-bond acceptors (Lipinski definition) is 4. The van der Waals surface area contributed by atoms with Crippen molar-refractivity contribution in [3.8, 4) is 0 Å². The summed E-state index contributed by atoms with van der Waals surface area (Å²) in [5, 5.41) is 2.80. The lowest BCUT2D eigenvalue weighted by Gasteiger charge is -2.24. The van der Waals surface area contributed by atoms with E-state index in [1.807, 2.05) is 0 Å². The standard InChI is InChI=1S/C18H25NO4/c1-12(20)6-11-16(19-17(22)23-18(3,4)5)15-9-7-14(8-10-15)13(2)21/h7-10,16H,6,11H2,1-5H3,(H,19,22). The SMILES string of the molecule is CC(=O)CCC(NC(=O)OC(C)(C)C)c1ccc(C(C)=O)cc1. The van der Waals surface area contributed by atoms with Gasteiger partial charge in [0.15, 0.2) is 5.78 Å². The zero-order chi connectivity index (χ0) is 17.6. The Morgan fingerprint density at radius 3 is 2.09 bits per heavy atom. The number of carbonyl (C=O) groups is 3. The molecule has 1 N–H and O–H groups in total. The molecule has 126 valence electrons. The van der Waals surface area contributed by atoms with E-state index in [1.165, 1.54) is 13.8 Å². The minimum atomic E-state index is -0.590. The summed E-state index contributed by atoms with van der Waals surface area (Å²) in [4.78, 5) is 34.6. The molecule has 0 heterocycles. The van der Waals surface area contributed by atoms with Crippen LogP contribution >= 0.6 is 0 Å². The maximum Gasteiger partial charge on any atom is 0.408 e. The second-order valence-electron chi connectivity index (χ2n) is 6.62. The fraction of sp³-hybridized carbons (Fsp3) is 0.500. The van der Waals surface area contributed by atoms with Crippen molar-refractivity contribution < 1.29 is 19.1 Å². The van der Waals surface area contributed by atoms with Gasteiger partial charge in [-0.05, 0) is 46.6 Å². The zero-order valence-corrected chi connectivity index (χ0v) is 14.4. The molecule has 0 aromatic heterocycles. The fourth-order valence-corrected chi connectivity index (χ4v) is 2.07. The molecule has 5 nitrogen and oxygen atoms in total. The van der Waals surface area contributed by atoms with Gasteiger partial charge in [0.25, 0.3) is 0 Å². The third-order valence-electron chi connectivity index (χ3n) is 3.20. The number of hydrogen-bond donors (Lipinski definition) is 1. The van der Waals surface area contributed by atoms with Crippen LogP contribution in [0, 0.1) is 0 Å². The predicted molar refractivity (Wildman–Crippen MR) is 88.5 cm³/mol. The third kappa shape index (κ3) is 7.08. The van der Waals surface area contributed by atoms with E-state index in [9.17, 15) is 14.4 Å². The minimum absolute atomic E-state index is 0.0167. The number of ether oxygens (including phenoxy) is 1. The molecule has 0 bridgehead atoms. The van der Waals surface area contributed by atoms with Gasteiger partial charge in [0.2, 0.25) is 0 Å². The quantitative estimate of drug-likeness (QED) is 0.809. The van der Waals surface area contributed by atoms with E-state index in [2.05, 4.69) is 5.32 Å². The Kier molecular flexibility index (Phi) is 6.49. The number of rotatable bonds is 6. The van der Waals surface area contributed by atoms with Crippen LogP contribution in [0.25, 0.3) is 0 Å². The van der Waals surface area contributed by atoms with Gasteiger partial charge in [-0.1, -0.05) is 24.3 Å². The summed E-state index contributed by atoms with van der Waals surface area (Å²) in [7, 11) is 0. The molecule has 5 heteroatoms. The Labute approximate surface area is 137 Å². The fourth-order valence-electron chi connectivity index (χ4n) is 2.07. The number of amides is 1. The Morgan fingerprint density at radius 1 is 1.09 bits per heavy atom. The van der Waals surface area contributed by atoms with Crippen LogP contribution in [-0.4, -0.2) is 23.3 Å². The number of carbonyl (C=O) groups excluding carboxylic acids is 3. The van der Waals surface area contributed by atoms with Crippen molar-refractivity contribution in [3.63, 3.8) is 0 Å². The molecular formula is C18H25NO4. The van der Waals surface area contributed by atoms with Crippen LogP contribution in [0.3, 0.4) is 0 Å². The van der Waals surface area contributed by atoms with E-state index < -0.39 is 11.7 Å². The maximum atomic E-state index is 12.0.